The molecular weight excluding hydrogens is 530 g/mol. The van der Waals surface area contributed by atoms with Crippen LogP contribution in [-0.2, 0) is 0 Å². The summed E-state index contributed by atoms with van der Waals surface area (Å²) in [5, 5.41) is 13.3. The van der Waals surface area contributed by atoms with Gasteiger partial charge in [0.1, 0.15) is 11.3 Å². The number of aliphatic hydroxyl groups excluding tert-OH is 1. The fourth-order valence-corrected chi connectivity index (χ4v) is 4.26. The summed E-state index contributed by atoms with van der Waals surface area (Å²) in [5.74, 6) is 3.80. The molecule has 0 aliphatic rings. The van der Waals surface area contributed by atoms with E-state index in [-0.39, 0.29) is 17.7 Å². The van der Waals surface area contributed by atoms with E-state index in [1.165, 1.54) is 24.4 Å². The van der Waals surface area contributed by atoms with Crippen LogP contribution in [0.15, 0.2) is 71.8 Å². The number of carbonyl (C=O) groups excluding carboxylic acids is 1. The number of amides is 1. The van der Waals surface area contributed by atoms with Crippen molar-refractivity contribution in [3.8, 4) is 17.6 Å². The second kappa shape index (κ2) is 13.7. The average molecular weight is 561 g/mol. The van der Waals surface area contributed by atoms with E-state index in [4.69, 9.17) is 4.74 Å². The van der Waals surface area contributed by atoms with Crippen LogP contribution >= 0.6 is 0 Å². The lowest BCUT2D eigenvalue weighted by atomic mass is 10.1. The van der Waals surface area contributed by atoms with Crippen LogP contribution < -0.4 is 15.6 Å². The topological polar surface area (TPSA) is 96.7 Å². The Kier molecular flexibility index (Phi) is 9.79. The number of halogens is 2. The van der Waals surface area contributed by atoms with Crippen molar-refractivity contribution in [1.82, 2.24) is 19.8 Å². The highest BCUT2D eigenvalue weighted by atomic mass is 19.2. The van der Waals surface area contributed by atoms with Gasteiger partial charge in [-0.25, -0.2) is 8.78 Å². The summed E-state index contributed by atoms with van der Waals surface area (Å²) >= 11 is 0. The Bertz CT molecular complexity index is 1660. The molecule has 1 unspecified atom stereocenters. The number of nitrogens with one attached hydrogen (secondary N) is 1. The molecule has 41 heavy (non-hydrogen) atoms. The molecule has 212 valence electrons. The van der Waals surface area contributed by atoms with Gasteiger partial charge in [0.25, 0.3) is 11.5 Å². The van der Waals surface area contributed by atoms with E-state index in [2.05, 4.69) is 27.0 Å². The Morgan fingerprint density at radius 3 is 2.73 bits per heavy atom. The SMILES string of the molecule is CN(C)CCCOc1ccnc2ccc(C#CCNC(=O)c3cccn(C(CO)c4ccc(F)c(F)c4)c3=O)cc12. The number of pyridine rings is 2. The number of nitrogens with zero attached hydrogens (tertiary/aromatic N) is 3. The third-order valence-electron chi connectivity index (χ3n) is 6.34. The molecule has 0 bridgehead atoms. The zero-order valence-electron chi connectivity index (χ0n) is 22.7. The van der Waals surface area contributed by atoms with E-state index in [9.17, 15) is 23.5 Å². The molecule has 2 heterocycles. The average Bonchev–Trinajstić information content (AvgIpc) is 2.96. The van der Waals surface area contributed by atoms with Gasteiger partial charge in [-0.3, -0.25) is 14.6 Å². The van der Waals surface area contributed by atoms with Crippen molar-refractivity contribution < 1.29 is 23.4 Å². The molecule has 0 saturated heterocycles. The predicted molar refractivity (Wildman–Crippen MR) is 152 cm³/mol. The molecule has 4 rings (SSSR count). The Morgan fingerprint density at radius 1 is 1.15 bits per heavy atom. The Balaban J connectivity index is 1.44. The predicted octanol–water partition coefficient (Wildman–Crippen LogP) is 3.37. The van der Waals surface area contributed by atoms with Gasteiger partial charge in [0, 0.05) is 29.9 Å². The first-order chi connectivity index (χ1) is 19.8. The second-order valence-electron chi connectivity index (χ2n) is 9.54. The van der Waals surface area contributed by atoms with Crippen molar-refractivity contribution >= 4 is 16.8 Å². The van der Waals surface area contributed by atoms with Crippen molar-refractivity contribution in [2.24, 2.45) is 0 Å². The number of fused-ring (bicyclic) bond motifs is 1. The largest absolute Gasteiger partial charge is 0.493 e. The van der Waals surface area contributed by atoms with Gasteiger partial charge < -0.3 is 24.6 Å². The van der Waals surface area contributed by atoms with Gasteiger partial charge in [0.15, 0.2) is 11.6 Å². The maximum absolute atomic E-state index is 13.7. The summed E-state index contributed by atoms with van der Waals surface area (Å²) in [5.41, 5.74) is 0.797. The van der Waals surface area contributed by atoms with Crippen LogP contribution in [0, 0.1) is 23.5 Å². The number of hydrogen-bond acceptors (Lipinski definition) is 6. The second-order valence-corrected chi connectivity index (χ2v) is 9.54. The molecule has 2 aromatic carbocycles. The molecule has 0 aliphatic carbocycles. The van der Waals surface area contributed by atoms with E-state index in [0.29, 0.717) is 12.2 Å². The van der Waals surface area contributed by atoms with Gasteiger partial charge >= 0.3 is 0 Å². The van der Waals surface area contributed by atoms with E-state index in [1.807, 2.05) is 38.4 Å². The van der Waals surface area contributed by atoms with Gasteiger partial charge in [-0.15, -0.1) is 0 Å². The van der Waals surface area contributed by atoms with Gasteiger partial charge in [-0.05, 0) is 74.6 Å². The highest BCUT2D eigenvalue weighted by Crippen LogP contribution is 2.25. The zero-order chi connectivity index (χ0) is 29.4. The van der Waals surface area contributed by atoms with Crippen LogP contribution in [0.5, 0.6) is 5.75 Å². The van der Waals surface area contributed by atoms with Gasteiger partial charge in [0.2, 0.25) is 0 Å². The lowest BCUT2D eigenvalue weighted by Gasteiger charge is -2.19. The van der Waals surface area contributed by atoms with Gasteiger partial charge in [-0.2, -0.15) is 0 Å². The minimum absolute atomic E-state index is 0.0290. The minimum Gasteiger partial charge on any atom is -0.493 e. The molecule has 1 amide bonds. The van der Waals surface area contributed by atoms with E-state index >= 15 is 0 Å². The first-order valence-electron chi connectivity index (χ1n) is 13.0. The molecular formula is C31H30F2N4O4. The summed E-state index contributed by atoms with van der Waals surface area (Å²) < 4.78 is 34.2. The van der Waals surface area contributed by atoms with Crippen molar-refractivity contribution in [3.63, 3.8) is 0 Å². The zero-order valence-corrected chi connectivity index (χ0v) is 22.7. The molecule has 2 aromatic heterocycles. The highest BCUT2D eigenvalue weighted by molar-refractivity contribution is 5.94. The summed E-state index contributed by atoms with van der Waals surface area (Å²) in [6.07, 6.45) is 3.95. The highest BCUT2D eigenvalue weighted by Gasteiger charge is 2.19. The van der Waals surface area contributed by atoms with Crippen LogP contribution in [0.25, 0.3) is 10.9 Å². The number of aliphatic hydroxyl groups is 1. The van der Waals surface area contributed by atoms with Gasteiger partial charge in [-0.1, -0.05) is 17.9 Å². The lowest BCUT2D eigenvalue weighted by molar-refractivity contribution is 0.0956. The van der Waals surface area contributed by atoms with Crippen molar-refractivity contribution in [2.45, 2.75) is 12.5 Å². The number of carbonyl (C=O) groups is 1. The lowest BCUT2D eigenvalue weighted by Crippen LogP contribution is -2.35. The fraction of sp³-hybridized carbons (Fsp3) is 0.258. The summed E-state index contributed by atoms with van der Waals surface area (Å²) in [7, 11) is 4.02. The van der Waals surface area contributed by atoms with E-state index in [1.54, 1.807) is 6.20 Å². The molecule has 10 heteroatoms. The molecule has 0 saturated carbocycles. The number of rotatable bonds is 10. The third-order valence-corrected chi connectivity index (χ3v) is 6.34. The van der Waals surface area contributed by atoms with Crippen LogP contribution in [0.1, 0.15) is 33.9 Å². The molecule has 0 spiro atoms. The maximum atomic E-state index is 13.7. The first kappa shape index (κ1) is 29.4. The van der Waals surface area contributed by atoms with Crippen LogP contribution in [0.4, 0.5) is 8.78 Å². The summed E-state index contributed by atoms with van der Waals surface area (Å²) in [6, 6.07) is 12.3. The molecule has 8 nitrogen and oxygen atoms in total. The maximum Gasteiger partial charge on any atom is 0.264 e. The number of benzene rings is 2. The van der Waals surface area contributed by atoms with Crippen LogP contribution in [0.2, 0.25) is 0 Å². The van der Waals surface area contributed by atoms with Crippen molar-refractivity contribution in [1.29, 1.82) is 0 Å². The molecule has 0 radical (unpaired) electrons. The standard InChI is InChI=1S/C31H30F2N4O4/c1-36(2)15-5-17-41-29-12-14-34-27-11-8-21(18-24(27)29)6-3-13-35-30(39)23-7-4-16-37(31(23)40)28(20-38)22-9-10-25(32)26(33)19-22/h4,7-12,14,16,18-19,28,38H,5,13,15,17,20H2,1-2H3,(H,35,39). The Morgan fingerprint density at radius 2 is 1.98 bits per heavy atom. The van der Waals surface area contributed by atoms with Crippen LogP contribution in [-0.4, -0.2) is 65.9 Å². The van der Waals surface area contributed by atoms with E-state index < -0.39 is 35.7 Å². The summed E-state index contributed by atoms with van der Waals surface area (Å²) in [6.45, 7) is 0.892. The fourth-order valence-electron chi connectivity index (χ4n) is 4.26. The number of aromatic nitrogens is 2. The smallest absolute Gasteiger partial charge is 0.264 e. The number of hydrogen-bond donors (Lipinski definition) is 2. The van der Waals surface area contributed by atoms with Crippen LogP contribution in [0.3, 0.4) is 0 Å². The Hall–Kier alpha value is -4.59. The number of ether oxygens (including phenoxy) is 1. The summed E-state index contributed by atoms with van der Waals surface area (Å²) in [4.78, 5) is 32.3. The molecule has 4 aromatic rings. The molecule has 0 aliphatic heterocycles. The molecule has 1 atom stereocenters. The van der Waals surface area contributed by atoms with Gasteiger partial charge in [0.05, 0.1) is 31.3 Å². The molecule has 2 N–H and O–H groups in total. The van der Waals surface area contributed by atoms with Crippen molar-refractivity contribution in [3.05, 3.63) is 106 Å². The normalized spacial score (nSPS) is 11.7. The van der Waals surface area contributed by atoms with E-state index in [0.717, 1.165) is 46.3 Å². The Labute approximate surface area is 236 Å². The first-order valence-corrected chi connectivity index (χ1v) is 13.0. The molecule has 0 fully saturated rings. The minimum atomic E-state index is -1.10. The quantitative estimate of drug-likeness (QED) is 0.228. The third kappa shape index (κ3) is 7.33. The monoisotopic (exact) mass is 560 g/mol. The van der Waals surface area contributed by atoms with Crippen molar-refractivity contribution in [2.75, 3.05) is 40.4 Å².